The van der Waals surface area contributed by atoms with Crippen LogP contribution in [0.15, 0.2) is 0 Å². The molecule has 0 aliphatic heterocycles. The van der Waals surface area contributed by atoms with Crippen LogP contribution in [0, 0.1) is 0 Å². The molecule has 0 saturated carbocycles. The minimum atomic E-state index is -1.76. The molecule has 0 aromatic carbocycles. The zero-order valence-corrected chi connectivity index (χ0v) is 9.15. The zero-order chi connectivity index (χ0) is 12.9. The summed E-state index contributed by atoms with van der Waals surface area (Å²) in [5.41, 5.74) is 0. The van der Waals surface area contributed by atoms with E-state index in [1.54, 1.807) is 0 Å². The summed E-state index contributed by atoms with van der Waals surface area (Å²) < 4.78 is 0. The number of carbonyl (C=O) groups is 2. The average molecular weight is 235 g/mol. The first kappa shape index (κ1) is 15.0. The van der Waals surface area contributed by atoms with Gasteiger partial charge in [-0.25, -0.2) is 0 Å². The fourth-order valence-electron chi connectivity index (χ4n) is 1.20. The van der Waals surface area contributed by atoms with Gasteiger partial charge in [-0.05, 0) is 0 Å². The Morgan fingerprint density at radius 3 is 2.12 bits per heavy atom. The quantitative estimate of drug-likeness (QED) is 0.367. The lowest BCUT2D eigenvalue weighted by molar-refractivity contribution is -0.142. The number of hydrogen-bond donors (Lipinski definition) is 4. The second kappa shape index (κ2) is 6.54. The van der Waals surface area contributed by atoms with E-state index in [0.717, 1.165) is 4.90 Å². The third-order valence-electron chi connectivity index (χ3n) is 2.41. The molecule has 0 fully saturated rings. The van der Waals surface area contributed by atoms with Gasteiger partial charge in [0.15, 0.2) is 6.29 Å². The fraction of sp³-hybridized carbons (Fsp3) is 0.778. The lowest BCUT2D eigenvalue weighted by atomic mass is 10.0. The highest BCUT2D eigenvalue weighted by atomic mass is 16.4. The molecule has 0 spiro atoms. The van der Waals surface area contributed by atoms with E-state index in [0.29, 0.717) is 0 Å². The maximum atomic E-state index is 11.0. The number of likely N-dealkylation sites (N-methyl/N-ethyl adjacent to an activating group) is 1. The Labute approximate surface area is 92.9 Å². The van der Waals surface area contributed by atoms with Crippen LogP contribution in [-0.4, -0.2) is 75.5 Å². The van der Waals surface area contributed by atoms with Crippen molar-refractivity contribution < 1.29 is 30.0 Å². The number of rotatable bonds is 6. The molecular weight excluding hydrogens is 218 g/mol. The summed E-state index contributed by atoms with van der Waals surface area (Å²) in [7, 11) is 1.33. The van der Waals surface area contributed by atoms with Gasteiger partial charge in [0.1, 0.15) is 18.3 Å². The van der Waals surface area contributed by atoms with Crippen LogP contribution in [0.25, 0.3) is 0 Å². The molecular formula is C9H17NO6. The lowest BCUT2D eigenvalue weighted by Crippen LogP contribution is -2.54. The molecule has 0 heterocycles. The van der Waals surface area contributed by atoms with Crippen molar-refractivity contribution in [2.75, 3.05) is 13.7 Å². The van der Waals surface area contributed by atoms with Gasteiger partial charge >= 0.3 is 0 Å². The van der Waals surface area contributed by atoms with Crippen LogP contribution in [0.2, 0.25) is 0 Å². The number of aliphatic hydroxyl groups excluding tert-OH is 4. The van der Waals surface area contributed by atoms with E-state index in [1.807, 2.05) is 0 Å². The molecule has 0 rings (SSSR count). The van der Waals surface area contributed by atoms with Gasteiger partial charge < -0.3 is 30.1 Å². The Morgan fingerprint density at radius 2 is 1.81 bits per heavy atom. The van der Waals surface area contributed by atoms with Gasteiger partial charge in [-0.2, -0.15) is 0 Å². The van der Waals surface area contributed by atoms with Gasteiger partial charge in [0.05, 0.1) is 12.6 Å². The summed E-state index contributed by atoms with van der Waals surface area (Å²) in [4.78, 5) is 22.2. The van der Waals surface area contributed by atoms with Gasteiger partial charge in [0.2, 0.25) is 5.91 Å². The Bertz CT molecular complexity index is 246. The molecule has 7 heteroatoms. The van der Waals surface area contributed by atoms with Crippen molar-refractivity contribution in [2.24, 2.45) is 0 Å². The Hall–Kier alpha value is -1.02. The molecule has 7 nitrogen and oxygen atoms in total. The standard InChI is InChI=1S/C9H17NO6/c1-5(13)10(2)6(3-11)8(15)9(16)7(14)4-12/h4,6-9,11,14-16H,3H2,1-2H3/t6-,7+,8-,9-/m1/s1. The summed E-state index contributed by atoms with van der Waals surface area (Å²) in [5, 5.41) is 36.9. The van der Waals surface area contributed by atoms with Crippen molar-refractivity contribution in [3.05, 3.63) is 0 Å². The molecule has 0 aliphatic carbocycles. The zero-order valence-electron chi connectivity index (χ0n) is 9.15. The number of aldehydes is 1. The molecule has 0 radical (unpaired) electrons. The normalized spacial score (nSPS) is 18.4. The van der Waals surface area contributed by atoms with E-state index in [-0.39, 0.29) is 6.29 Å². The first-order chi connectivity index (χ1) is 7.36. The third-order valence-corrected chi connectivity index (χ3v) is 2.41. The van der Waals surface area contributed by atoms with E-state index < -0.39 is 36.9 Å². The van der Waals surface area contributed by atoms with Gasteiger partial charge in [-0.3, -0.25) is 4.79 Å². The highest BCUT2D eigenvalue weighted by Crippen LogP contribution is 2.09. The fourth-order valence-corrected chi connectivity index (χ4v) is 1.20. The number of hydrogen-bond acceptors (Lipinski definition) is 6. The number of carbonyl (C=O) groups excluding carboxylic acids is 2. The van der Waals surface area contributed by atoms with Gasteiger partial charge in [0, 0.05) is 14.0 Å². The van der Waals surface area contributed by atoms with Crippen LogP contribution in [-0.2, 0) is 9.59 Å². The summed E-state index contributed by atoms with van der Waals surface area (Å²) in [6, 6.07) is -1.08. The van der Waals surface area contributed by atoms with Gasteiger partial charge in [-0.15, -0.1) is 0 Å². The SMILES string of the molecule is CC(=O)N(C)[C@H](CO)[C@@H](O)[C@H](O)[C@@H](O)C=O. The van der Waals surface area contributed by atoms with Crippen LogP contribution in [0.5, 0.6) is 0 Å². The Morgan fingerprint density at radius 1 is 1.31 bits per heavy atom. The molecule has 0 unspecified atom stereocenters. The largest absolute Gasteiger partial charge is 0.394 e. The van der Waals surface area contributed by atoms with E-state index in [2.05, 4.69) is 0 Å². The van der Waals surface area contributed by atoms with E-state index in [4.69, 9.17) is 10.2 Å². The Kier molecular flexibility index (Phi) is 6.12. The van der Waals surface area contributed by atoms with Crippen molar-refractivity contribution >= 4 is 12.2 Å². The van der Waals surface area contributed by atoms with Crippen LogP contribution in [0.3, 0.4) is 0 Å². The average Bonchev–Trinajstić information content (AvgIpc) is 2.27. The summed E-state index contributed by atoms with van der Waals surface area (Å²) in [6.45, 7) is 0.623. The van der Waals surface area contributed by atoms with Crippen molar-refractivity contribution in [2.45, 2.75) is 31.3 Å². The van der Waals surface area contributed by atoms with Crippen molar-refractivity contribution in [3.8, 4) is 0 Å². The van der Waals surface area contributed by atoms with E-state index >= 15 is 0 Å². The molecule has 94 valence electrons. The maximum absolute atomic E-state index is 11.0. The third kappa shape index (κ3) is 3.53. The predicted molar refractivity (Wildman–Crippen MR) is 53.4 cm³/mol. The van der Waals surface area contributed by atoms with Crippen LogP contribution in [0.1, 0.15) is 6.92 Å². The van der Waals surface area contributed by atoms with Crippen molar-refractivity contribution in [3.63, 3.8) is 0 Å². The van der Waals surface area contributed by atoms with Crippen molar-refractivity contribution in [1.29, 1.82) is 0 Å². The van der Waals surface area contributed by atoms with E-state index in [9.17, 15) is 19.8 Å². The highest BCUT2D eigenvalue weighted by molar-refractivity contribution is 5.73. The molecule has 0 bridgehead atoms. The van der Waals surface area contributed by atoms with Crippen molar-refractivity contribution in [1.82, 2.24) is 4.90 Å². The van der Waals surface area contributed by atoms with Crippen LogP contribution >= 0.6 is 0 Å². The molecule has 4 atom stereocenters. The molecule has 0 aliphatic rings. The van der Waals surface area contributed by atoms with Crippen LogP contribution < -0.4 is 0 Å². The monoisotopic (exact) mass is 235 g/mol. The molecule has 1 amide bonds. The first-order valence-corrected chi connectivity index (χ1v) is 4.70. The smallest absolute Gasteiger partial charge is 0.219 e. The van der Waals surface area contributed by atoms with Crippen LogP contribution in [0.4, 0.5) is 0 Å². The number of aliphatic hydroxyl groups is 4. The first-order valence-electron chi connectivity index (χ1n) is 4.70. The van der Waals surface area contributed by atoms with E-state index in [1.165, 1.54) is 14.0 Å². The summed E-state index contributed by atoms with van der Waals surface area (Å²) >= 11 is 0. The van der Waals surface area contributed by atoms with Gasteiger partial charge in [0.25, 0.3) is 0 Å². The number of nitrogens with zero attached hydrogens (tertiary/aromatic N) is 1. The highest BCUT2D eigenvalue weighted by Gasteiger charge is 2.33. The second-order valence-electron chi connectivity index (χ2n) is 3.49. The molecule has 0 aromatic rings. The minimum Gasteiger partial charge on any atom is -0.394 e. The maximum Gasteiger partial charge on any atom is 0.219 e. The summed E-state index contributed by atoms with van der Waals surface area (Å²) in [6.07, 6.45) is -5.06. The lowest BCUT2D eigenvalue weighted by Gasteiger charge is -2.32. The predicted octanol–water partition coefficient (Wildman–Crippen LogP) is -2.89. The molecule has 0 saturated heterocycles. The minimum absolute atomic E-state index is 0.0656. The summed E-state index contributed by atoms with van der Waals surface area (Å²) in [5.74, 6) is -0.425. The molecule has 4 N–H and O–H groups in total. The number of amides is 1. The molecule has 16 heavy (non-hydrogen) atoms. The Balaban J connectivity index is 4.70. The van der Waals surface area contributed by atoms with Gasteiger partial charge in [-0.1, -0.05) is 0 Å². The topological polar surface area (TPSA) is 118 Å². The second-order valence-corrected chi connectivity index (χ2v) is 3.49. The molecule has 0 aromatic heterocycles.